The van der Waals surface area contributed by atoms with Crippen molar-refractivity contribution in [3.8, 4) is 85.2 Å². The third-order valence-electron chi connectivity index (χ3n) is 18.0. The molecule has 5 aromatic heterocycles. The van der Waals surface area contributed by atoms with Gasteiger partial charge in [-0.3, -0.25) is 0 Å². The van der Waals surface area contributed by atoms with Gasteiger partial charge in [-0.05, 0) is 108 Å². The summed E-state index contributed by atoms with van der Waals surface area (Å²) in [7, 11) is 0. The highest BCUT2D eigenvalue weighted by molar-refractivity contribution is 6.28. The first kappa shape index (κ1) is 50.8. The molecule has 90 heavy (non-hydrogen) atoms. The van der Waals surface area contributed by atoms with Gasteiger partial charge in [-0.15, -0.1) is 0 Å². The second-order valence-electron chi connectivity index (χ2n) is 23.0. The molecule has 18 aromatic rings. The average molecular weight is 1150 g/mol. The monoisotopic (exact) mass is 1150 g/mol. The van der Waals surface area contributed by atoms with E-state index in [1.807, 2.05) is 48.5 Å². The van der Waals surface area contributed by atoms with Gasteiger partial charge in [-0.2, -0.15) is 5.26 Å². The maximum absolute atomic E-state index is 10.0. The number of nitrogens with zero attached hydrogens (tertiary/aromatic N) is 8. The van der Waals surface area contributed by atoms with Gasteiger partial charge in [-0.25, -0.2) is 15.0 Å². The Kier molecular flexibility index (Phi) is 11.5. The number of benzene rings is 13. The lowest BCUT2D eigenvalue weighted by Crippen LogP contribution is -2.04. The minimum atomic E-state index is 0.551. The van der Waals surface area contributed by atoms with E-state index < -0.39 is 0 Å². The third kappa shape index (κ3) is 7.83. The zero-order valence-electron chi connectivity index (χ0n) is 48.4. The molecule has 8 heteroatoms. The van der Waals surface area contributed by atoms with E-state index in [1.54, 1.807) is 0 Å². The van der Waals surface area contributed by atoms with Crippen LogP contribution in [0, 0.1) is 11.3 Å². The second-order valence-corrected chi connectivity index (χ2v) is 23.0. The molecule has 418 valence electrons. The van der Waals surface area contributed by atoms with Crippen molar-refractivity contribution in [1.82, 2.24) is 33.2 Å². The Morgan fingerprint density at radius 1 is 0.256 bits per heavy atom. The first-order valence-electron chi connectivity index (χ1n) is 30.3. The Balaban J connectivity index is 0.985. The highest BCUT2D eigenvalue weighted by atomic mass is 15.1. The van der Waals surface area contributed by atoms with E-state index in [0.29, 0.717) is 23.0 Å². The van der Waals surface area contributed by atoms with Crippen molar-refractivity contribution in [2.45, 2.75) is 0 Å². The van der Waals surface area contributed by atoms with Gasteiger partial charge in [0.25, 0.3) is 0 Å². The summed E-state index contributed by atoms with van der Waals surface area (Å²) in [5.41, 5.74) is 20.2. The van der Waals surface area contributed by atoms with Gasteiger partial charge in [0.2, 0.25) is 0 Å². The van der Waals surface area contributed by atoms with E-state index in [2.05, 4.69) is 279 Å². The van der Waals surface area contributed by atoms with Crippen molar-refractivity contribution in [2.75, 3.05) is 0 Å². The minimum absolute atomic E-state index is 0.551. The largest absolute Gasteiger partial charge is 0.309 e. The zero-order valence-corrected chi connectivity index (χ0v) is 48.4. The van der Waals surface area contributed by atoms with Crippen LogP contribution < -0.4 is 0 Å². The molecule has 0 unspecified atom stereocenters. The lowest BCUT2D eigenvalue weighted by Gasteiger charge is -2.21. The number of hydrogen-bond donors (Lipinski definition) is 0. The SMILES string of the molecule is N#Cc1ccc(-c2ccc(-c3cc(-c4nc(-c5ccccc5)nc(-c5ccccc5)n4)ccc3-n3c4ccccc4c4c3ccc3c5ccccc5n(-c5ccccc5)c34)c(-n3c4ccccc4c4c3ccc3c5ccccc5n(-c5ccccc5)c34)c2)cc1. The molecule has 18 rings (SSSR count). The molecule has 5 heterocycles. The van der Waals surface area contributed by atoms with E-state index in [9.17, 15) is 5.26 Å². The molecule has 0 saturated carbocycles. The molecular formula is C82H50N8. The third-order valence-corrected chi connectivity index (χ3v) is 18.0. The quantitative estimate of drug-likeness (QED) is 0.144. The minimum Gasteiger partial charge on any atom is -0.309 e. The predicted octanol–water partition coefficient (Wildman–Crippen LogP) is 20.5. The van der Waals surface area contributed by atoms with Crippen molar-refractivity contribution in [1.29, 1.82) is 5.26 Å². The Hall–Kier alpha value is -12.4. The fourth-order valence-electron chi connectivity index (χ4n) is 14.1. The lowest BCUT2D eigenvalue weighted by atomic mass is 9.94. The summed E-state index contributed by atoms with van der Waals surface area (Å²) in [6.07, 6.45) is 0. The van der Waals surface area contributed by atoms with Crippen molar-refractivity contribution in [3.05, 3.63) is 309 Å². The van der Waals surface area contributed by atoms with Crippen LogP contribution in [-0.4, -0.2) is 33.2 Å². The average Bonchev–Trinajstić information content (AvgIpc) is 1.55. The van der Waals surface area contributed by atoms with Gasteiger partial charge in [0, 0.05) is 82.3 Å². The predicted molar refractivity (Wildman–Crippen MR) is 369 cm³/mol. The van der Waals surface area contributed by atoms with Crippen molar-refractivity contribution in [2.24, 2.45) is 0 Å². The smallest absolute Gasteiger partial charge is 0.164 e. The summed E-state index contributed by atoms with van der Waals surface area (Å²) in [5, 5.41) is 19.4. The van der Waals surface area contributed by atoms with Gasteiger partial charge in [0.15, 0.2) is 17.5 Å². The first-order chi connectivity index (χ1) is 44.6. The van der Waals surface area contributed by atoms with Gasteiger partial charge >= 0.3 is 0 Å². The van der Waals surface area contributed by atoms with Gasteiger partial charge in [0.1, 0.15) is 0 Å². The molecule has 0 radical (unpaired) electrons. The number of para-hydroxylation sites is 6. The van der Waals surface area contributed by atoms with Crippen molar-refractivity contribution in [3.63, 3.8) is 0 Å². The number of hydrogen-bond acceptors (Lipinski definition) is 4. The van der Waals surface area contributed by atoms with Gasteiger partial charge in [0.05, 0.1) is 67.1 Å². The Labute approximate surface area is 516 Å². The summed E-state index contributed by atoms with van der Waals surface area (Å²) in [5.74, 6) is 1.72. The van der Waals surface area contributed by atoms with E-state index >= 15 is 0 Å². The number of aromatic nitrogens is 7. The van der Waals surface area contributed by atoms with Crippen LogP contribution in [0.15, 0.2) is 303 Å². The van der Waals surface area contributed by atoms with Crippen LogP contribution in [0.1, 0.15) is 5.56 Å². The lowest BCUT2D eigenvalue weighted by molar-refractivity contribution is 1.07. The van der Waals surface area contributed by atoms with E-state index in [1.165, 1.54) is 21.5 Å². The van der Waals surface area contributed by atoms with Crippen LogP contribution >= 0.6 is 0 Å². The summed E-state index contributed by atoms with van der Waals surface area (Å²) >= 11 is 0. The Morgan fingerprint density at radius 3 is 1.14 bits per heavy atom. The van der Waals surface area contributed by atoms with Crippen LogP contribution in [-0.2, 0) is 0 Å². The molecule has 0 amide bonds. The number of nitriles is 1. The molecule has 0 fully saturated rings. The maximum atomic E-state index is 10.0. The summed E-state index contributed by atoms with van der Waals surface area (Å²) in [4.78, 5) is 15.9. The number of fused-ring (bicyclic) bond motifs is 14. The first-order valence-corrected chi connectivity index (χ1v) is 30.3. The molecule has 0 N–H and O–H groups in total. The van der Waals surface area contributed by atoms with Crippen molar-refractivity contribution < 1.29 is 0 Å². The molecule has 0 aliphatic rings. The molecule has 0 atom stereocenters. The Morgan fingerprint density at radius 2 is 0.656 bits per heavy atom. The van der Waals surface area contributed by atoms with Crippen LogP contribution in [0.2, 0.25) is 0 Å². The summed E-state index contributed by atoms with van der Waals surface area (Å²) < 4.78 is 9.84. The molecule has 0 aliphatic heterocycles. The highest BCUT2D eigenvalue weighted by Gasteiger charge is 2.27. The molecule has 0 bridgehead atoms. The van der Waals surface area contributed by atoms with Gasteiger partial charge < -0.3 is 18.3 Å². The molecule has 13 aromatic carbocycles. The van der Waals surface area contributed by atoms with E-state index in [-0.39, 0.29) is 0 Å². The highest BCUT2D eigenvalue weighted by Crippen LogP contribution is 2.48. The standard InChI is InChI=1S/C82H50N8/c83-51-52-37-39-53(40-38-52)56-41-43-62(75(50-56)90-71-36-20-16-32-66(71)77-74(90)48-45-64-61-30-14-18-34-69(61)88(79(64)77)59-27-11-4-12-28-59)67-49-57(82-85-80(54-21-5-1-6-22-54)84-81(86-82)55-23-7-2-8-24-55)42-46-72(67)89-70-35-19-15-31-65(70)76-73(89)47-44-63-60-29-13-17-33-68(60)87(78(63)76)58-25-9-3-10-26-58/h1-50H. The van der Waals surface area contributed by atoms with Crippen molar-refractivity contribution >= 4 is 87.2 Å². The van der Waals surface area contributed by atoms with Crippen LogP contribution in [0.3, 0.4) is 0 Å². The summed E-state index contributed by atoms with van der Waals surface area (Å²) in [6, 6.07) is 110. The number of rotatable bonds is 9. The fourth-order valence-corrected chi connectivity index (χ4v) is 14.1. The summed E-state index contributed by atoms with van der Waals surface area (Å²) in [6.45, 7) is 0. The molecule has 0 aliphatic carbocycles. The molecule has 8 nitrogen and oxygen atoms in total. The molecule has 0 saturated heterocycles. The normalized spacial score (nSPS) is 11.8. The van der Waals surface area contributed by atoms with Gasteiger partial charge in [-0.1, -0.05) is 206 Å². The molecule has 0 spiro atoms. The topological polar surface area (TPSA) is 82.2 Å². The zero-order chi connectivity index (χ0) is 59.4. The second kappa shape index (κ2) is 20.3. The van der Waals surface area contributed by atoms with Crippen LogP contribution in [0.25, 0.3) is 166 Å². The Bertz CT molecular complexity index is 5890. The van der Waals surface area contributed by atoms with Crippen LogP contribution in [0.5, 0.6) is 0 Å². The van der Waals surface area contributed by atoms with E-state index in [4.69, 9.17) is 15.0 Å². The van der Waals surface area contributed by atoms with E-state index in [0.717, 1.165) is 127 Å². The molecular weight excluding hydrogens is 1100 g/mol. The van der Waals surface area contributed by atoms with Crippen LogP contribution in [0.4, 0.5) is 0 Å². The maximum Gasteiger partial charge on any atom is 0.164 e. The fraction of sp³-hybridized carbons (Fsp3) is 0.